The van der Waals surface area contributed by atoms with E-state index in [-0.39, 0.29) is 0 Å². The third kappa shape index (κ3) is 5.09. The van der Waals surface area contributed by atoms with Crippen LogP contribution in [0.25, 0.3) is 110 Å². The van der Waals surface area contributed by atoms with Crippen LogP contribution in [0.4, 0.5) is 0 Å². The van der Waals surface area contributed by atoms with E-state index in [0.717, 1.165) is 61.2 Å². The highest BCUT2D eigenvalue weighted by Gasteiger charge is 2.21. The number of fused-ring (bicyclic) bond motifs is 8. The molecule has 4 nitrogen and oxygen atoms in total. The number of rotatable bonds is 5. The molecule has 0 amide bonds. The second-order valence-corrected chi connectivity index (χ2v) is 15.0. The highest BCUT2D eigenvalue weighted by molar-refractivity contribution is 6.15. The SMILES string of the molecule is c1ccc(-c2ccc3c(-n4c5cc(-c6ccccc6)ccc5c5cc6ccccc6cc54)nc(-c4ccc5c6ccccc6n(-c6ccccc6)c5c4)nc3c2)cc1. The second-order valence-electron chi connectivity index (χ2n) is 15.0. The Morgan fingerprint density at radius 1 is 0.293 bits per heavy atom. The summed E-state index contributed by atoms with van der Waals surface area (Å²) in [6.45, 7) is 0. The normalized spacial score (nSPS) is 11.8. The van der Waals surface area contributed by atoms with Crippen LogP contribution in [0.3, 0.4) is 0 Å². The molecule has 0 spiro atoms. The summed E-state index contributed by atoms with van der Waals surface area (Å²) in [4.78, 5) is 11.0. The molecule has 0 fully saturated rings. The Hall–Kier alpha value is -7.82. The third-order valence-corrected chi connectivity index (χ3v) is 11.7. The molecule has 0 aliphatic carbocycles. The first-order chi connectivity index (χ1) is 28.7. The van der Waals surface area contributed by atoms with Gasteiger partial charge in [-0.1, -0.05) is 152 Å². The molecule has 9 aromatic carbocycles. The van der Waals surface area contributed by atoms with Crippen LogP contribution in [0.5, 0.6) is 0 Å². The molecule has 4 heteroatoms. The minimum absolute atomic E-state index is 0.675. The van der Waals surface area contributed by atoms with Crippen molar-refractivity contribution in [3.8, 4) is 45.1 Å². The first-order valence-electron chi connectivity index (χ1n) is 19.7. The molecular weight excluding hydrogens is 705 g/mol. The number of hydrogen-bond acceptors (Lipinski definition) is 2. The van der Waals surface area contributed by atoms with E-state index in [2.05, 4.69) is 215 Å². The van der Waals surface area contributed by atoms with E-state index in [1.54, 1.807) is 0 Å². The van der Waals surface area contributed by atoms with Gasteiger partial charge in [0.15, 0.2) is 5.82 Å². The largest absolute Gasteiger partial charge is 0.309 e. The van der Waals surface area contributed by atoms with Crippen molar-refractivity contribution in [1.29, 1.82) is 0 Å². The maximum atomic E-state index is 5.60. The number of benzene rings is 9. The zero-order chi connectivity index (χ0) is 38.2. The summed E-state index contributed by atoms with van der Waals surface area (Å²) in [7, 11) is 0. The van der Waals surface area contributed by atoms with Crippen LogP contribution in [0.1, 0.15) is 0 Å². The van der Waals surface area contributed by atoms with Crippen LogP contribution >= 0.6 is 0 Å². The van der Waals surface area contributed by atoms with Gasteiger partial charge in [0.05, 0.1) is 27.6 Å². The predicted molar refractivity (Wildman–Crippen MR) is 242 cm³/mol. The summed E-state index contributed by atoms with van der Waals surface area (Å²) in [5, 5.41) is 8.17. The van der Waals surface area contributed by atoms with Crippen LogP contribution < -0.4 is 0 Å². The Morgan fingerprint density at radius 2 is 0.810 bits per heavy atom. The molecule has 3 aromatic heterocycles. The summed E-state index contributed by atoms with van der Waals surface area (Å²) < 4.78 is 4.73. The highest BCUT2D eigenvalue weighted by Crippen LogP contribution is 2.40. The van der Waals surface area contributed by atoms with Gasteiger partial charge < -0.3 is 4.57 Å². The zero-order valence-corrected chi connectivity index (χ0v) is 31.4. The molecule has 270 valence electrons. The van der Waals surface area contributed by atoms with Gasteiger partial charge in [0.1, 0.15) is 5.82 Å². The van der Waals surface area contributed by atoms with E-state index in [0.29, 0.717) is 5.82 Å². The summed E-state index contributed by atoms with van der Waals surface area (Å²) in [6, 6.07) is 73.9. The van der Waals surface area contributed by atoms with Gasteiger partial charge in [-0.05, 0) is 87.6 Å². The van der Waals surface area contributed by atoms with Gasteiger partial charge in [0.2, 0.25) is 0 Å². The van der Waals surface area contributed by atoms with Gasteiger partial charge in [0.25, 0.3) is 0 Å². The fraction of sp³-hybridized carbons (Fsp3) is 0. The van der Waals surface area contributed by atoms with Gasteiger partial charge in [-0.2, -0.15) is 0 Å². The van der Waals surface area contributed by atoms with Gasteiger partial charge >= 0.3 is 0 Å². The van der Waals surface area contributed by atoms with Gasteiger partial charge in [-0.25, -0.2) is 9.97 Å². The lowest BCUT2D eigenvalue weighted by Gasteiger charge is -2.15. The molecule has 12 rings (SSSR count). The topological polar surface area (TPSA) is 35.6 Å². The monoisotopic (exact) mass is 738 g/mol. The van der Waals surface area contributed by atoms with E-state index in [1.807, 2.05) is 0 Å². The standard InChI is InChI=1S/C54H34N4/c1-4-14-35(15-5-1)39-25-29-46-48(31-39)55-53(41-26-28-44-43-22-12-13-23-49(43)57(50(44)34-41)42-20-8-3-9-21-42)56-54(46)58-51-33-40(36-16-6-2-7-17-36)24-27-45(51)47-30-37-18-10-11-19-38(37)32-52(47)58/h1-34H. The molecule has 12 aromatic rings. The fourth-order valence-electron chi connectivity index (χ4n) is 8.93. The molecular formula is C54H34N4. The van der Waals surface area contributed by atoms with Crippen molar-refractivity contribution in [2.75, 3.05) is 0 Å². The van der Waals surface area contributed by atoms with Crippen molar-refractivity contribution in [1.82, 2.24) is 19.1 Å². The van der Waals surface area contributed by atoms with E-state index >= 15 is 0 Å². The molecule has 3 heterocycles. The predicted octanol–water partition coefficient (Wildman–Crippen LogP) is 14.0. The molecule has 0 aliphatic rings. The van der Waals surface area contributed by atoms with Crippen molar-refractivity contribution >= 4 is 65.3 Å². The van der Waals surface area contributed by atoms with Gasteiger partial charge in [-0.15, -0.1) is 0 Å². The molecule has 0 aliphatic heterocycles. The van der Waals surface area contributed by atoms with E-state index in [1.165, 1.54) is 43.4 Å². The molecule has 0 atom stereocenters. The lowest BCUT2D eigenvalue weighted by Crippen LogP contribution is -2.03. The van der Waals surface area contributed by atoms with Gasteiger partial charge in [-0.3, -0.25) is 4.57 Å². The summed E-state index contributed by atoms with van der Waals surface area (Å²) in [5.74, 6) is 1.53. The third-order valence-electron chi connectivity index (χ3n) is 11.7. The van der Waals surface area contributed by atoms with E-state index in [4.69, 9.17) is 9.97 Å². The smallest absolute Gasteiger partial charge is 0.162 e. The molecule has 58 heavy (non-hydrogen) atoms. The number of nitrogens with zero attached hydrogens (tertiary/aromatic N) is 4. The number of hydrogen-bond donors (Lipinski definition) is 0. The molecule has 0 saturated carbocycles. The molecule has 0 radical (unpaired) electrons. The Kier molecular flexibility index (Phi) is 7.20. The minimum atomic E-state index is 0.675. The van der Waals surface area contributed by atoms with Crippen LogP contribution in [0.15, 0.2) is 206 Å². The minimum Gasteiger partial charge on any atom is -0.309 e. The van der Waals surface area contributed by atoms with E-state index < -0.39 is 0 Å². The maximum absolute atomic E-state index is 5.60. The first kappa shape index (κ1) is 32.4. The molecule has 0 unspecified atom stereocenters. The highest BCUT2D eigenvalue weighted by atomic mass is 15.1. The van der Waals surface area contributed by atoms with Crippen LogP contribution in [-0.4, -0.2) is 19.1 Å². The fourth-order valence-corrected chi connectivity index (χ4v) is 8.93. The van der Waals surface area contributed by atoms with Crippen molar-refractivity contribution in [3.05, 3.63) is 206 Å². The summed E-state index contributed by atoms with van der Waals surface area (Å²) in [6.07, 6.45) is 0. The van der Waals surface area contributed by atoms with Crippen LogP contribution in [0, 0.1) is 0 Å². The Morgan fingerprint density at radius 3 is 1.55 bits per heavy atom. The molecule has 0 saturated heterocycles. The van der Waals surface area contributed by atoms with Crippen LogP contribution in [0.2, 0.25) is 0 Å². The molecule has 0 bridgehead atoms. The molecule has 0 N–H and O–H groups in total. The van der Waals surface area contributed by atoms with Gasteiger partial charge in [0, 0.05) is 38.2 Å². The summed E-state index contributed by atoms with van der Waals surface area (Å²) >= 11 is 0. The Labute approximate surface area is 334 Å². The Bertz CT molecular complexity index is 3550. The summed E-state index contributed by atoms with van der Waals surface area (Å²) in [5.41, 5.74) is 12.0. The Balaban J connectivity index is 1.18. The quantitative estimate of drug-likeness (QED) is 0.176. The van der Waals surface area contributed by atoms with Crippen molar-refractivity contribution in [2.45, 2.75) is 0 Å². The van der Waals surface area contributed by atoms with E-state index in [9.17, 15) is 0 Å². The van der Waals surface area contributed by atoms with Crippen LogP contribution in [-0.2, 0) is 0 Å². The maximum Gasteiger partial charge on any atom is 0.162 e. The number of aromatic nitrogens is 4. The first-order valence-corrected chi connectivity index (χ1v) is 19.7. The average molecular weight is 739 g/mol. The second kappa shape index (κ2) is 12.9. The number of para-hydroxylation sites is 2. The van der Waals surface area contributed by atoms with Crippen molar-refractivity contribution < 1.29 is 0 Å². The average Bonchev–Trinajstić information content (AvgIpc) is 3.79. The zero-order valence-electron chi connectivity index (χ0n) is 31.4. The van der Waals surface area contributed by atoms with Crippen molar-refractivity contribution in [3.63, 3.8) is 0 Å². The lowest BCUT2D eigenvalue weighted by atomic mass is 10.0. The lowest BCUT2D eigenvalue weighted by molar-refractivity contribution is 1.08. The van der Waals surface area contributed by atoms with Crippen molar-refractivity contribution in [2.24, 2.45) is 0 Å².